The Morgan fingerprint density at radius 2 is 2.00 bits per heavy atom. The largest absolute Gasteiger partial charge is 0.481 e. The molecule has 1 N–H and O–H groups in total. The lowest BCUT2D eigenvalue weighted by Gasteiger charge is -2.18. The van der Waals surface area contributed by atoms with Crippen molar-refractivity contribution in [3.8, 4) is 0 Å². The zero-order chi connectivity index (χ0) is 12.1. The second-order valence-electron chi connectivity index (χ2n) is 5.23. The maximum atomic E-state index is 11.5. The highest BCUT2D eigenvalue weighted by Gasteiger charge is 2.68. The van der Waals surface area contributed by atoms with Gasteiger partial charge in [-0.1, -0.05) is 35.8 Å². The van der Waals surface area contributed by atoms with Gasteiger partial charge in [0, 0.05) is 4.47 Å². The first-order chi connectivity index (χ1) is 7.31. The zero-order valence-electron chi connectivity index (χ0n) is 9.67. The molecular weight excluding hydrogens is 268 g/mol. The molecule has 1 aliphatic rings. The van der Waals surface area contributed by atoms with Crippen LogP contribution in [0.5, 0.6) is 0 Å². The number of benzene rings is 1. The molecule has 1 atom stereocenters. The molecule has 0 amide bonds. The van der Waals surface area contributed by atoms with Gasteiger partial charge in [0.2, 0.25) is 0 Å². The SMILES string of the molecule is Cc1cc(Br)ccc1C1(C(=O)O)CC1(C)C. The number of hydrogen-bond acceptors (Lipinski definition) is 1. The predicted octanol–water partition coefficient (Wildman–Crippen LogP) is 3.51. The molecule has 1 saturated carbocycles. The fourth-order valence-corrected chi connectivity index (χ4v) is 3.14. The quantitative estimate of drug-likeness (QED) is 0.901. The number of aryl methyl sites for hydroxylation is 1. The number of carbonyl (C=O) groups is 1. The van der Waals surface area contributed by atoms with Crippen molar-refractivity contribution in [1.82, 2.24) is 0 Å². The molecule has 2 rings (SSSR count). The zero-order valence-corrected chi connectivity index (χ0v) is 11.3. The molecule has 0 heterocycles. The lowest BCUT2D eigenvalue weighted by molar-refractivity contribution is -0.141. The summed E-state index contributed by atoms with van der Waals surface area (Å²) in [4.78, 5) is 11.5. The molecule has 3 heteroatoms. The van der Waals surface area contributed by atoms with E-state index in [2.05, 4.69) is 15.9 Å². The van der Waals surface area contributed by atoms with Gasteiger partial charge in [0.05, 0.1) is 5.41 Å². The molecule has 1 aliphatic carbocycles. The molecule has 86 valence electrons. The molecule has 0 aliphatic heterocycles. The summed E-state index contributed by atoms with van der Waals surface area (Å²) in [7, 11) is 0. The lowest BCUT2D eigenvalue weighted by Crippen LogP contribution is -2.26. The maximum absolute atomic E-state index is 11.5. The first kappa shape index (κ1) is 11.6. The van der Waals surface area contributed by atoms with E-state index >= 15 is 0 Å². The molecule has 0 radical (unpaired) electrons. The van der Waals surface area contributed by atoms with Gasteiger partial charge in [-0.25, -0.2) is 0 Å². The minimum atomic E-state index is -0.706. The molecule has 16 heavy (non-hydrogen) atoms. The number of aliphatic carboxylic acids is 1. The smallest absolute Gasteiger partial charge is 0.314 e. The Balaban J connectivity index is 2.56. The summed E-state index contributed by atoms with van der Waals surface area (Å²) in [5.41, 5.74) is 1.17. The molecule has 1 aromatic carbocycles. The number of carboxylic acid groups (broad SMARTS) is 1. The van der Waals surface area contributed by atoms with E-state index in [4.69, 9.17) is 0 Å². The van der Waals surface area contributed by atoms with Gasteiger partial charge in [0.15, 0.2) is 0 Å². The van der Waals surface area contributed by atoms with Crippen LogP contribution in [0, 0.1) is 12.3 Å². The first-order valence-electron chi connectivity index (χ1n) is 5.31. The van der Waals surface area contributed by atoms with Crippen molar-refractivity contribution in [1.29, 1.82) is 0 Å². The van der Waals surface area contributed by atoms with E-state index in [1.54, 1.807) is 0 Å². The number of hydrogen-bond donors (Lipinski definition) is 1. The maximum Gasteiger partial charge on any atom is 0.314 e. The Bertz CT molecular complexity index is 465. The number of carboxylic acids is 1. The topological polar surface area (TPSA) is 37.3 Å². The standard InChI is InChI=1S/C13H15BrO2/c1-8-6-9(14)4-5-10(8)13(11(15)16)7-12(13,2)3/h4-6H,7H2,1-3H3,(H,15,16). The summed E-state index contributed by atoms with van der Waals surface area (Å²) >= 11 is 3.40. The third-order valence-electron chi connectivity index (χ3n) is 3.75. The summed E-state index contributed by atoms with van der Waals surface area (Å²) in [5, 5.41) is 9.47. The van der Waals surface area contributed by atoms with Gasteiger partial charge in [-0.05, 0) is 42.0 Å². The Hall–Kier alpha value is -0.830. The van der Waals surface area contributed by atoms with Gasteiger partial charge >= 0.3 is 5.97 Å². The van der Waals surface area contributed by atoms with Crippen LogP contribution in [0.1, 0.15) is 31.4 Å². The van der Waals surface area contributed by atoms with Crippen molar-refractivity contribution in [2.75, 3.05) is 0 Å². The van der Waals surface area contributed by atoms with Crippen molar-refractivity contribution in [3.05, 3.63) is 33.8 Å². The normalized spacial score (nSPS) is 26.5. The van der Waals surface area contributed by atoms with Gasteiger partial charge in [0.25, 0.3) is 0 Å². The molecular formula is C13H15BrO2. The monoisotopic (exact) mass is 282 g/mol. The van der Waals surface area contributed by atoms with E-state index in [9.17, 15) is 9.90 Å². The molecule has 1 aromatic rings. The van der Waals surface area contributed by atoms with Crippen LogP contribution in [0.25, 0.3) is 0 Å². The highest BCUT2D eigenvalue weighted by molar-refractivity contribution is 9.10. The minimum Gasteiger partial charge on any atom is -0.481 e. The minimum absolute atomic E-state index is 0.141. The molecule has 0 aromatic heterocycles. The third kappa shape index (κ3) is 1.41. The van der Waals surface area contributed by atoms with E-state index in [1.165, 1.54) is 0 Å². The average molecular weight is 283 g/mol. The number of halogens is 1. The van der Waals surface area contributed by atoms with Crippen LogP contribution in [-0.4, -0.2) is 11.1 Å². The van der Waals surface area contributed by atoms with Crippen LogP contribution in [0.3, 0.4) is 0 Å². The van der Waals surface area contributed by atoms with Gasteiger partial charge in [-0.2, -0.15) is 0 Å². The van der Waals surface area contributed by atoms with E-state index < -0.39 is 11.4 Å². The molecule has 0 saturated heterocycles. The Labute approximate surface area is 104 Å². The lowest BCUT2D eigenvalue weighted by atomic mass is 9.85. The molecule has 0 spiro atoms. The summed E-state index contributed by atoms with van der Waals surface area (Å²) in [6.45, 7) is 6.00. The molecule has 1 fully saturated rings. The third-order valence-corrected chi connectivity index (χ3v) is 4.24. The van der Waals surface area contributed by atoms with E-state index in [1.807, 2.05) is 39.0 Å². The van der Waals surface area contributed by atoms with Gasteiger partial charge in [-0.15, -0.1) is 0 Å². The number of rotatable bonds is 2. The summed E-state index contributed by atoms with van der Waals surface area (Å²) in [6, 6.07) is 5.83. The van der Waals surface area contributed by atoms with E-state index in [-0.39, 0.29) is 5.41 Å². The highest BCUT2D eigenvalue weighted by atomic mass is 79.9. The van der Waals surface area contributed by atoms with Crippen molar-refractivity contribution in [2.24, 2.45) is 5.41 Å². The summed E-state index contributed by atoms with van der Waals surface area (Å²) in [5.74, 6) is -0.706. The molecule has 1 unspecified atom stereocenters. The van der Waals surface area contributed by atoms with Gasteiger partial charge in [0.1, 0.15) is 0 Å². The Kier molecular flexibility index (Phi) is 2.42. The fraction of sp³-hybridized carbons (Fsp3) is 0.462. The summed E-state index contributed by atoms with van der Waals surface area (Å²) < 4.78 is 0.993. The molecule has 0 bridgehead atoms. The van der Waals surface area contributed by atoms with Crippen molar-refractivity contribution >= 4 is 21.9 Å². The van der Waals surface area contributed by atoms with Crippen molar-refractivity contribution in [3.63, 3.8) is 0 Å². The Morgan fingerprint density at radius 1 is 1.44 bits per heavy atom. The second-order valence-corrected chi connectivity index (χ2v) is 6.15. The molecule has 2 nitrogen and oxygen atoms in total. The van der Waals surface area contributed by atoms with E-state index in [0.717, 1.165) is 22.0 Å². The van der Waals surface area contributed by atoms with Crippen molar-refractivity contribution in [2.45, 2.75) is 32.6 Å². The van der Waals surface area contributed by atoms with Crippen LogP contribution in [-0.2, 0) is 10.2 Å². The van der Waals surface area contributed by atoms with Crippen LogP contribution < -0.4 is 0 Å². The summed E-state index contributed by atoms with van der Waals surface area (Å²) in [6.07, 6.45) is 0.720. The highest BCUT2D eigenvalue weighted by Crippen LogP contribution is 2.65. The fourth-order valence-electron chi connectivity index (χ4n) is 2.66. The van der Waals surface area contributed by atoms with Crippen LogP contribution in [0.4, 0.5) is 0 Å². The first-order valence-corrected chi connectivity index (χ1v) is 6.10. The van der Waals surface area contributed by atoms with Crippen LogP contribution in [0.2, 0.25) is 0 Å². The van der Waals surface area contributed by atoms with Crippen LogP contribution >= 0.6 is 15.9 Å². The van der Waals surface area contributed by atoms with Gasteiger partial charge in [-0.3, -0.25) is 4.79 Å². The van der Waals surface area contributed by atoms with Crippen molar-refractivity contribution < 1.29 is 9.90 Å². The average Bonchev–Trinajstić information content (AvgIpc) is 2.70. The van der Waals surface area contributed by atoms with Gasteiger partial charge < -0.3 is 5.11 Å². The Morgan fingerprint density at radius 3 is 2.38 bits per heavy atom. The predicted molar refractivity (Wildman–Crippen MR) is 66.6 cm³/mol. The van der Waals surface area contributed by atoms with Crippen LogP contribution in [0.15, 0.2) is 22.7 Å². The second kappa shape index (κ2) is 3.33. The van der Waals surface area contributed by atoms with E-state index in [0.29, 0.717) is 0 Å².